The van der Waals surface area contributed by atoms with Gasteiger partial charge < -0.3 is 4.90 Å². The Morgan fingerprint density at radius 1 is 1.17 bits per heavy atom. The maximum absolute atomic E-state index is 13.5. The lowest BCUT2D eigenvalue weighted by Crippen LogP contribution is -2.25. The molecule has 0 N–H and O–H groups in total. The summed E-state index contributed by atoms with van der Waals surface area (Å²) in [6, 6.07) is 2.47. The van der Waals surface area contributed by atoms with E-state index in [1.54, 1.807) is 0 Å². The van der Waals surface area contributed by atoms with Crippen molar-refractivity contribution in [1.82, 2.24) is 14.7 Å². The summed E-state index contributed by atoms with van der Waals surface area (Å²) in [5.41, 5.74) is -2.07. The topological polar surface area (TPSA) is 38.1 Å². The monoisotopic (exact) mass is 385 g/mol. The van der Waals surface area contributed by atoms with Gasteiger partial charge in [-0.05, 0) is 12.1 Å². The molecular formula is C13H9Cl3F3N3O. The molecule has 0 aliphatic rings. The molecule has 0 radical (unpaired) electrons. The van der Waals surface area contributed by atoms with Crippen LogP contribution < -0.4 is 0 Å². The lowest BCUT2D eigenvalue weighted by atomic mass is 10.2. The first kappa shape index (κ1) is 17.9. The zero-order chi connectivity index (χ0) is 17.5. The summed E-state index contributed by atoms with van der Waals surface area (Å²) < 4.78 is 40.8. The number of hydrogen-bond donors (Lipinski definition) is 0. The van der Waals surface area contributed by atoms with E-state index < -0.39 is 23.3 Å². The molecular weight excluding hydrogens is 378 g/mol. The molecule has 1 heterocycles. The number of rotatable bonds is 2. The van der Waals surface area contributed by atoms with Crippen LogP contribution >= 0.6 is 34.8 Å². The molecule has 4 nitrogen and oxygen atoms in total. The second-order valence-electron chi connectivity index (χ2n) is 4.73. The molecule has 0 aliphatic carbocycles. The van der Waals surface area contributed by atoms with Crippen molar-refractivity contribution >= 4 is 40.7 Å². The molecule has 0 fully saturated rings. The van der Waals surface area contributed by atoms with E-state index in [4.69, 9.17) is 34.8 Å². The summed E-state index contributed by atoms with van der Waals surface area (Å²) in [5, 5.41) is 3.56. The Kier molecular flexibility index (Phi) is 4.84. The Morgan fingerprint density at radius 3 is 2.13 bits per heavy atom. The summed E-state index contributed by atoms with van der Waals surface area (Å²) in [6.07, 6.45) is -4.02. The van der Waals surface area contributed by atoms with Crippen LogP contribution in [-0.2, 0) is 6.18 Å². The van der Waals surface area contributed by atoms with Gasteiger partial charge in [0.15, 0.2) is 5.69 Å². The van der Waals surface area contributed by atoms with Crippen LogP contribution in [0.5, 0.6) is 0 Å². The fourth-order valence-electron chi connectivity index (χ4n) is 1.93. The third kappa shape index (κ3) is 3.41. The van der Waals surface area contributed by atoms with Gasteiger partial charge >= 0.3 is 6.18 Å². The number of amides is 1. The van der Waals surface area contributed by atoms with Crippen LogP contribution in [0.15, 0.2) is 18.3 Å². The van der Waals surface area contributed by atoms with Gasteiger partial charge in [0.1, 0.15) is 5.69 Å². The number of hydrogen-bond acceptors (Lipinski definition) is 2. The molecule has 1 aromatic heterocycles. The van der Waals surface area contributed by atoms with Gasteiger partial charge in [-0.2, -0.15) is 18.3 Å². The number of alkyl halides is 3. The molecule has 0 spiro atoms. The van der Waals surface area contributed by atoms with Crippen LogP contribution in [0.4, 0.5) is 13.2 Å². The van der Waals surface area contributed by atoms with E-state index in [2.05, 4.69) is 5.10 Å². The summed E-state index contributed by atoms with van der Waals surface area (Å²) >= 11 is 17.7. The molecule has 10 heteroatoms. The van der Waals surface area contributed by atoms with E-state index >= 15 is 0 Å². The maximum Gasteiger partial charge on any atom is 0.434 e. The van der Waals surface area contributed by atoms with Crippen molar-refractivity contribution in [3.63, 3.8) is 0 Å². The third-order valence-electron chi connectivity index (χ3n) is 2.87. The minimum absolute atomic E-state index is 0.125. The van der Waals surface area contributed by atoms with Gasteiger partial charge in [0.05, 0.1) is 21.8 Å². The Morgan fingerprint density at radius 2 is 1.70 bits per heavy atom. The lowest BCUT2D eigenvalue weighted by molar-refractivity contribution is -0.143. The summed E-state index contributed by atoms with van der Waals surface area (Å²) in [4.78, 5) is 13.0. The molecule has 23 heavy (non-hydrogen) atoms. The van der Waals surface area contributed by atoms with Crippen molar-refractivity contribution in [2.45, 2.75) is 6.18 Å². The second-order valence-corrected chi connectivity index (χ2v) is 5.98. The Hall–Kier alpha value is -1.44. The fraction of sp³-hybridized carbons (Fsp3) is 0.231. The highest BCUT2D eigenvalue weighted by molar-refractivity contribution is 6.40. The molecule has 1 amide bonds. The molecule has 0 unspecified atom stereocenters. The Balaban J connectivity index is 2.78. The van der Waals surface area contributed by atoms with E-state index in [1.807, 2.05) is 0 Å². The predicted octanol–water partition coefficient (Wildman–Crippen LogP) is 4.55. The highest BCUT2D eigenvalue weighted by atomic mass is 35.5. The van der Waals surface area contributed by atoms with E-state index in [0.29, 0.717) is 4.68 Å². The Labute approximate surface area is 144 Å². The van der Waals surface area contributed by atoms with Gasteiger partial charge in [0.2, 0.25) is 0 Å². The molecule has 0 saturated heterocycles. The van der Waals surface area contributed by atoms with Gasteiger partial charge in [0.25, 0.3) is 5.91 Å². The summed E-state index contributed by atoms with van der Waals surface area (Å²) in [6.45, 7) is 0. The van der Waals surface area contributed by atoms with Crippen molar-refractivity contribution in [3.8, 4) is 5.69 Å². The van der Waals surface area contributed by atoms with Crippen molar-refractivity contribution < 1.29 is 18.0 Å². The number of benzene rings is 1. The quantitative estimate of drug-likeness (QED) is 0.759. The number of halogens is 6. The minimum Gasteiger partial charge on any atom is -0.345 e. The average molecular weight is 387 g/mol. The van der Waals surface area contributed by atoms with E-state index in [1.165, 1.54) is 26.2 Å². The molecule has 0 atom stereocenters. The maximum atomic E-state index is 13.5. The largest absolute Gasteiger partial charge is 0.434 e. The number of aromatic nitrogens is 2. The molecule has 2 rings (SSSR count). The highest BCUT2D eigenvalue weighted by Crippen LogP contribution is 2.38. The van der Waals surface area contributed by atoms with E-state index in [9.17, 15) is 18.0 Å². The van der Waals surface area contributed by atoms with Crippen LogP contribution in [0.3, 0.4) is 0 Å². The highest BCUT2D eigenvalue weighted by Gasteiger charge is 2.41. The minimum atomic E-state index is -4.84. The predicted molar refractivity (Wildman–Crippen MR) is 81.6 cm³/mol. The van der Waals surface area contributed by atoms with E-state index in [-0.39, 0.29) is 20.8 Å². The number of nitrogens with zero attached hydrogens (tertiary/aromatic N) is 3. The van der Waals surface area contributed by atoms with Gasteiger partial charge in [-0.25, -0.2) is 4.68 Å². The van der Waals surface area contributed by atoms with Gasteiger partial charge in [-0.3, -0.25) is 4.79 Å². The first-order valence-electron chi connectivity index (χ1n) is 6.05. The third-order valence-corrected chi connectivity index (χ3v) is 3.66. The zero-order valence-corrected chi connectivity index (χ0v) is 14.0. The zero-order valence-electron chi connectivity index (χ0n) is 11.7. The number of carbonyl (C=O) groups excluding carboxylic acids is 1. The lowest BCUT2D eigenvalue weighted by Gasteiger charge is -2.16. The smallest absolute Gasteiger partial charge is 0.345 e. The van der Waals surface area contributed by atoms with Crippen molar-refractivity contribution in [3.05, 3.63) is 44.7 Å². The van der Waals surface area contributed by atoms with Gasteiger partial charge in [-0.1, -0.05) is 34.8 Å². The summed E-state index contributed by atoms with van der Waals surface area (Å²) in [5.74, 6) is -0.843. The molecule has 2 aromatic rings. The second kappa shape index (κ2) is 6.22. The van der Waals surface area contributed by atoms with Crippen LogP contribution in [0.2, 0.25) is 15.1 Å². The van der Waals surface area contributed by atoms with E-state index in [0.717, 1.165) is 11.1 Å². The Bertz CT molecular complexity index is 749. The van der Waals surface area contributed by atoms with Crippen molar-refractivity contribution in [2.24, 2.45) is 0 Å². The van der Waals surface area contributed by atoms with Gasteiger partial charge in [-0.15, -0.1) is 0 Å². The van der Waals surface area contributed by atoms with Crippen LogP contribution in [-0.4, -0.2) is 34.7 Å². The number of carbonyl (C=O) groups is 1. The standard InChI is InChI=1S/C13H9Cl3F3N3O/c1-21(2)12(23)7-5-20-22(11(7)13(17,18)19)10-8(15)3-6(14)4-9(10)16/h3-5H,1-2H3. The average Bonchev–Trinajstić information content (AvgIpc) is 2.80. The van der Waals surface area contributed by atoms with Crippen molar-refractivity contribution in [1.29, 1.82) is 0 Å². The first-order chi connectivity index (χ1) is 10.5. The van der Waals surface area contributed by atoms with Crippen LogP contribution in [0.25, 0.3) is 5.69 Å². The van der Waals surface area contributed by atoms with Gasteiger partial charge in [0, 0.05) is 19.1 Å². The molecule has 0 saturated carbocycles. The molecule has 0 bridgehead atoms. The normalized spacial score (nSPS) is 11.7. The first-order valence-corrected chi connectivity index (χ1v) is 7.19. The van der Waals surface area contributed by atoms with Crippen LogP contribution in [0, 0.1) is 0 Å². The fourth-order valence-corrected chi connectivity index (χ4v) is 2.90. The SMILES string of the molecule is CN(C)C(=O)c1cnn(-c2c(Cl)cc(Cl)cc2Cl)c1C(F)(F)F. The molecule has 124 valence electrons. The van der Waals surface area contributed by atoms with Crippen LogP contribution in [0.1, 0.15) is 16.1 Å². The summed E-state index contributed by atoms with van der Waals surface area (Å²) in [7, 11) is 2.67. The molecule has 0 aliphatic heterocycles. The van der Waals surface area contributed by atoms with Crippen molar-refractivity contribution in [2.75, 3.05) is 14.1 Å². The molecule has 1 aromatic carbocycles.